The molecular weight excluding hydrogens is 700 g/mol. The Kier molecular flexibility index (Phi) is 14.2. The van der Waals surface area contributed by atoms with E-state index in [1.54, 1.807) is 0 Å². The highest BCUT2D eigenvalue weighted by Crippen LogP contribution is 2.29. The second kappa shape index (κ2) is 16.5. The van der Waals surface area contributed by atoms with E-state index in [4.69, 9.17) is 9.47 Å². The van der Waals surface area contributed by atoms with Crippen LogP contribution in [0.2, 0.25) is 0 Å². The van der Waals surface area contributed by atoms with Crippen LogP contribution in [0.1, 0.15) is 38.5 Å². The highest BCUT2D eigenvalue weighted by molar-refractivity contribution is 9.11. The molecule has 0 fully saturated rings. The standard InChI is InChI=1S/C24H28Br4N2O4/c25-17-7-9-21(19(27)13-17)33-15-23(31)29-11-5-3-1-2-4-6-12-30-24(32)16-34-22-10-8-18(26)14-20(22)28/h7-10,13-14H,1-6,11-12,15-16H2,(H,29,31)(H,30,32). The van der Waals surface area contributed by atoms with Gasteiger partial charge in [0.2, 0.25) is 0 Å². The van der Waals surface area contributed by atoms with Crippen LogP contribution in [-0.4, -0.2) is 38.1 Å². The van der Waals surface area contributed by atoms with Crippen LogP contribution < -0.4 is 20.1 Å². The van der Waals surface area contributed by atoms with Gasteiger partial charge in [-0.15, -0.1) is 0 Å². The lowest BCUT2D eigenvalue weighted by Gasteiger charge is -2.09. The third-order valence-corrected chi connectivity index (χ3v) is 6.98. The van der Waals surface area contributed by atoms with Crippen LogP contribution in [0.3, 0.4) is 0 Å². The summed E-state index contributed by atoms with van der Waals surface area (Å²) in [5, 5.41) is 5.77. The van der Waals surface area contributed by atoms with Crippen LogP contribution in [0.25, 0.3) is 0 Å². The first-order chi connectivity index (χ1) is 16.3. The summed E-state index contributed by atoms with van der Waals surface area (Å²) in [6.45, 7) is 1.29. The van der Waals surface area contributed by atoms with Crippen molar-refractivity contribution < 1.29 is 19.1 Å². The minimum Gasteiger partial charge on any atom is -0.483 e. The van der Waals surface area contributed by atoms with Gasteiger partial charge in [-0.05, 0) is 81.1 Å². The van der Waals surface area contributed by atoms with Crippen molar-refractivity contribution in [2.45, 2.75) is 38.5 Å². The van der Waals surface area contributed by atoms with Crippen LogP contribution in [0.15, 0.2) is 54.3 Å². The van der Waals surface area contributed by atoms with Gasteiger partial charge in [0.1, 0.15) is 11.5 Å². The fraction of sp³-hybridized carbons (Fsp3) is 0.417. The SMILES string of the molecule is O=C(COc1ccc(Br)cc1Br)NCCCCCCCCNC(=O)COc1ccc(Br)cc1Br. The zero-order valence-electron chi connectivity index (χ0n) is 18.7. The molecule has 0 radical (unpaired) electrons. The quantitative estimate of drug-likeness (QED) is 0.199. The first kappa shape index (κ1) is 29.1. The first-order valence-electron chi connectivity index (χ1n) is 11.0. The van der Waals surface area contributed by atoms with E-state index < -0.39 is 0 Å². The monoisotopic (exact) mass is 724 g/mol. The van der Waals surface area contributed by atoms with E-state index in [9.17, 15) is 9.59 Å². The maximum Gasteiger partial charge on any atom is 0.257 e. The average molecular weight is 728 g/mol. The highest BCUT2D eigenvalue weighted by Gasteiger charge is 2.07. The number of unbranched alkanes of at least 4 members (excludes halogenated alkanes) is 5. The van der Waals surface area contributed by atoms with E-state index in [0.717, 1.165) is 56.4 Å². The Labute approximate surface area is 234 Å². The fourth-order valence-corrected chi connectivity index (χ4v) is 5.31. The maximum absolute atomic E-state index is 11.9. The lowest BCUT2D eigenvalue weighted by molar-refractivity contribution is -0.123. The van der Waals surface area contributed by atoms with Crippen molar-refractivity contribution in [2.24, 2.45) is 0 Å². The number of ether oxygens (including phenoxy) is 2. The van der Waals surface area contributed by atoms with E-state index in [2.05, 4.69) is 74.4 Å². The van der Waals surface area contributed by atoms with Crippen molar-refractivity contribution in [2.75, 3.05) is 26.3 Å². The summed E-state index contributed by atoms with van der Waals surface area (Å²) in [5.74, 6) is 1.03. The summed E-state index contributed by atoms with van der Waals surface area (Å²) in [6, 6.07) is 11.1. The van der Waals surface area contributed by atoms with Crippen LogP contribution in [0, 0.1) is 0 Å². The molecule has 0 bridgehead atoms. The van der Waals surface area contributed by atoms with Gasteiger partial charge in [-0.2, -0.15) is 0 Å². The Hall–Kier alpha value is -1.10. The van der Waals surface area contributed by atoms with Crippen LogP contribution >= 0.6 is 63.7 Å². The van der Waals surface area contributed by atoms with Gasteiger partial charge in [0.25, 0.3) is 11.8 Å². The second-order valence-corrected chi connectivity index (χ2v) is 11.1. The zero-order valence-corrected chi connectivity index (χ0v) is 25.0. The van der Waals surface area contributed by atoms with E-state index in [1.165, 1.54) is 0 Å². The molecule has 2 rings (SSSR count). The van der Waals surface area contributed by atoms with Gasteiger partial charge >= 0.3 is 0 Å². The molecule has 6 nitrogen and oxygen atoms in total. The number of benzene rings is 2. The lowest BCUT2D eigenvalue weighted by atomic mass is 10.1. The van der Waals surface area contributed by atoms with E-state index in [1.807, 2.05) is 36.4 Å². The maximum atomic E-state index is 11.9. The molecule has 0 spiro atoms. The van der Waals surface area contributed by atoms with Gasteiger partial charge in [0, 0.05) is 22.0 Å². The minimum atomic E-state index is -0.123. The number of carbonyl (C=O) groups is 2. The highest BCUT2D eigenvalue weighted by atomic mass is 79.9. The minimum absolute atomic E-state index is 0.00258. The van der Waals surface area contributed by atoms with Crippen LogP contribution in [0.4, 0.5) is 0 Å². The molecule has 0 heterocycles. The third-order valence-electron chi connectivity index (χ3n) is 4.75. The molecule has 0 saturated heterocycles. The zero-order chi connectivity index (χ0) is 24.8. The van der Waals surface area contributed by atoms with Crippen molar-refractivity contribution in [3.63, 3.8) is 0 Å². The number of halogens is 4. The van der Waals surface area contributed by atoms with Crippen LogP contribution in [0.5, 0.6) is 11.5 Å². The molecule has 0 atom stereocenters. The van der Waals surface area contributed by atoms with Gasteiger partial charge in [-0.3, -0.25) is 9.59 Å². The van der Waals surface area contributed by atoms with Gasteiger partial charge < -0.3 is 20.1 Å². The Balaban J connectivity index is 1.41. The Morgan fingerprint density at radius 2 is 1.00 bits per heavy atom. The summed E-state index contributed by atoms with van der Waals surface area (Å²) in [5.41, 5.74) is 0. The van der Waals surface area contributed by atoms with Crippen molar-refractivity contribution in [3.05, 3.63) is 54.3 Å². The number of amides is 2. The third kappa shape index (κ3) is 12.0. The Morgan fingerprint density at radius 1 is 0.618 bits per heavy atom. The van der Waals surface area contributed by atoms with Gasteiger partial charge in [-0.25, -0.2) is 0 Å². The number of carbonyl (C=O) groups excluding carboxylic acids is 2. The molecule has 0 aliphatic rings. The van der Waals surface area contributed by atoms with E-state index in [0.29, 0.717) is 24.6 Å². The van der Waals surface area contributed by atoms with E-state index >= 15 is 0 Å². The number of hydrogen-bond acceptors (Lipinski definition) is 4. The molecule has 0 unspecified atom stereocenters. The Bertz CT molecular complexity index is 868. The van der Waals surface area contributed by atoms with Gasteiger partial charge in [0.05, 0.1) is 8.95 Å². The molecule has 2 N–H and O–H groups in total. The number of rotatable bonds is 15. The van der Waals surface area contributed by atoms with Crippen molar-refractivity contribution in [1.29, 1.82) is 0 Å². The molecule has 34 heavy (non-hydrogen) atoms. The summed E-state index contributed by atoms with van der Waals surface area (Å²) in [6.07, 6.45) is 6.20. The van der Waals surface area contributed by atoms with Gasteiger partial charge in [0.15, 0.2) is 13.2 Å². The predicted octanol–water partition coefficient (Wildman–Crippen LogP) is 6.77. The normalized spacial score (nSPS) is 10.6. The molecule has 2 amide bonds. The summed E-state index contributed by atoms with van der Waals surface area (Å²) >= 11 is 13.6. The largest absolute Gasteiger partial charge is 0.483 e. The molecule has 0 aliphatic heterocycles. The van der Waals surface area contributed by atoms with Crippen LogP contribution in [-0.2, 0) is 9.59 Å². The molecule has 0 aromatic heterocycles. The molecule has 186 valence electrons. The summed E-state index contributed by atoms with van der Waals surface area (Å²) in [4.78, 5) is 23.8. The number of nitrogens with one attached hydrogen (secondary N) is 2. The van der Waals surface area contributed by atoms with Crippen molar-refractivity contribution in [1.82, 2.24) is 10.6 Å². The van der Waals surface area contributed by atoms with Crippen molar-refractivity contribution >= 4 is 75.5 Å². The molecule has 10 heteroatoms. The average Bonchev–Trinajstić information content (AvgIpc) is 2.79. The molecular formula is C24H28Br4N2O4. The van der Waals surface area contributed by atoms with Gasteiger partial charge in [-0.1, -0.05) is 57.5 Å². The second-order valence-electron chi connectivity index (χ2n) is 7.55. The van der Waals surface area contributed by atoms with E-state index in [-0.39, 0.29) is 25.0 Å². The lowest BCUT2D eigenvalue weighted by Crippen LogP contribution is -2.29. The predicted molar refractivity (Wildman–Crippen MR) is 148 cm³/mol. The molecule has 0 saturated carbocycles. The van der Waals surface area contributed by atoms with Crippen molar-refractivity contribution in [3.8, 4) is 11.5 Å². The summed E-state index contributed by atoms with van der Waals surface area (Å²) < 4.78 is 14.5. The topological polar surface area (TPSA) is 76.7 Å². The Morgan fingerprint density at radius 3 is 1.38 bits per heavy atom. The molecule has 2 aromatic carbocycles. The number of hydrogen-bond donors (Lipinski definition) is 2. The molecule has 2 aromatic rings. The first-order valence-corrected chi connectivity index (χ1v) is 14.2. The molecule has 0 aliphatic carbocycles. The summed E-state index contributed by atoms with van der Waals surface area (Å²) in [7, 11) is 0. The fourth-order valence-electron chi connectivity index (χ4n) is 2.99. The smallest absolute Gasteiger partial charge is 0.257 e.